The lowest BCUT2D eigenvalue weighted by atomic mass is 10.0. The molecule has 0 unspecified atom stereocenters. The number of hydrogen-bond acceptors (Lipinski definition) is 4. The van der Waals surface area contributed by atoms with Crippen LogP contribution in [0.1, 0.15) is 52.3 Å². The molecule has 0 bridgehead atoms. The Balaban J connectivity index is 2.10. The highest BCUT2D eigenvalue weighted by molar-refractivity contribution is 5.24. The lowest BCUT2D eigenvalue weighted by molar-refractivity contribution is 0.359. The van der Waals surface area contributed by atoms with Crippen LogP contribution >= 0.6 is 0 Å². The minimum Gasteiger partial charge on any atom is -0.339 e. The van der Waals surface area contributed by atoms with Crippen LogP contribution in [-0.4, -0.2) is 16.7 Å². The Morgan fingerprint density at radius 1 is 1.25 bits per heavy atom. The zero-order valence-corrected chi connectivity index (χ0v) is 10.8. The number of aromatic nitrogens is 2. The van der Waals surface area contributed by atoms with Crippen molar-refractivity contribution in [3.63, 3.8) is 0 Å². The largest absolute Gasteiger partial charge is 0.339 e. The van der Waals surface area contributed by atoms with Gasteiger partial charge in [-0.2, -0.15) is 4.98 Å². The van der Waals surface area contributed by atoms with E-state index in [4.69, 9.17) is 4.52 Å². The fourth-order valence-corrected chi connectivity index (χ4v) is 2.51. The highest BCUT2D eigenvalue weighted by Gasteiger charge is 2.67. The average molecular weight is 223 g/mol. The van der Waals surface area contributed by atoms with E-state index in [9.17, 15) is 0 Å². The van der Waals surface area contributed by atoms with Crippen molar-refractivity contribution in [2.45, 2.75) is 47.1 Å². The van der Waals surface area contributed by atoms with Crippen LogP contribution in [0.15, 0.2) is 4.52 Å². The Bertz CT molecular complexity index is 367. The molecule has 0 aliphatic heterocycles. The Morgan fingerprint density at radius 3 is 2.38 bits per heavy atom. The fourth-order valence-electron chi connectivity index (χ4n) is 2.51. The number of nitrogens with one attached hydrogen (secondary N) is 1. The standard InChI is InChI=1S/C12H21N3O/c1-6-13-7-8-14-10(16-15-8)9-11(2,3)12(9,4)5/h9,13H,6-7H2,1-5H3. The Morgan fingerprint density at radius 2 is 1.88 bits per heavy atom. The third kappa shape index (κ3) is 1.56. The van der Waals surface area contributed by atoms with Crippen molar-refractivity contribution in [3.05, 3.63) is 11.7 Å². The van der Waals surface area contributed by atoms with Gasteiger partial charge in [0.1, 0.15) is 0 Å². The number of rotatable bonds is 4. The molecule has 1 N–H and O–H groups in total. The summed E-state index contributed by atoms with van der Waals surface area (Å²) in [5, 5.41) is 7.19. The molecule has 2 rings (SSSR count). The van der Waals surface area contributed by atoms with Crippen molar-refractivity contribution in [3.8, 4) is 0 Å². The molecule has 4 heteroatoms. The maximum Gasteiger partial charge on any atom is 0.230 e. The lowest BCUT2D eigenvalue weighted by Crippen LogP contribution is -2.12. The van der Waals surface area contributed by atoms with Gasteiger partial charge >= 0.3 is 0 Å². The van der Waals surface area contributed by atoms with Gasteiger partial charge in [-0.05, 0) is 17.4 Å². The molecule has 1 aromatic rings. The minimum absolute atomic E-state index is 0.259. The molecule has 16 heavy (non-hydrogen) atoms. The van der Waals surface area contributed by atoms with E-state index in [1.54, 1.807) is 0 Å². The molecule has 0 saturated heterocycles. The second-order valence-electron chi connectivity index (χ2n) is 5.71. The van der Waals surface area contributed by atoms with Gasteiger partial charge in [0.15, 0.2) is 5.82 Å². The summed E-state index contributed by atoms with van der Waals surface area (Å²) >= 11 is 0. The van der Waals surface area contributed by atoms with Crippen LogP contribution in [0, 0.1) is 10.8 Å². The van der Waals surface area contributed by atoms with Crippen molar-refractivity contribution in [1.29, 1.82) is 0 Å². The second kappa shape index (κ2) is 3.55. The van der Waals surface area contributed by atoms with Crippen molar-refractivity contribution in [2.75, 3.05) is 6.54 Å². The quantitative estimate of drug-likeness (QED) is 0.851. The highest BCUT2D eigenvalue weighted by atomic mass is 16.5. The van der Waals surface area contributed by atoms with E-state index in [-0.39, 0.29) is 10.8 Å². The van der Waals surface area contributed by atoms with Crippen molar-refractivity contribution in [2.24, 2.45) is 10.8 Å². The van der Waals surface area contributed by atoms with E-state index in [0.29, 0.717) is 12.5 Å². The van der Waals surface area contributed by atoms with Gasteiger partial charge in [0.05, 0.1) is 6.54 Å². The first-order valence-corrected chi connectivity index (χ1v) is 5.94. The van der Waals surface area contributed by atoms with Crippen LogP contribution in [-0.2, 0) is 6.54 Å². The molecule has 90 valence electrons. The number of nitrogens with zero attached hydrogens (tertiary/aromatic N) is 2. The molecule has 1 aromatic heterocycles. The first-order valence-electron chi connectivity index (χ1n) is 5.94. The highest BCUT2D eigenvalue weighted by Crippen LogP contribution is 2.73. The second-order valence-corrected chi connectivity index (χ2v) is 5.71. The fraction of sp³-hybridized carbons (Fsp3) is 0.833. The average Bonchev–Trinajstić information content (AvgIpc) is 2.56. The van der Waals surface area contributed by atoms with E-state index in [2.05, 4.69) is 50.1 Å². The summed E-state index contributed by atoms with van der Waals surface area (Å²) in [4.78, 5) is 4.46. The van der Waals surface area contributed by atoms with Gasteiger partial charge in [0.25, 0.3) is 0 Å². The van der Waals surface area contributed by atoms with E-state index >= 15 is 0 Å². The molecule has 1 aliphatic carbocycles. The summed E-state index contributed by atoms with van der Waals surface area (Å²) in [6.45, 7) is 12.7. The molecule has 1 saturated carbocycles. The molecule has 1 fully saturated rings. The molecule has 1 heterocycles. The molecule has 1 aliphatic rings. The molecule has 0 radical (unpaired) electrons. The van der Waals surface area contributed by atoms with E-state index in [1.807, 2.05) is 0 Å². The molecular formula is C12H21N3O. The maximum atomic E-state index is 5.36. The molecule has 4 nitrogen and oxygen atoms in total. The van der Waals surface area contributed by atoms with Gasteiger partial charge in [0, 0.05) is 5.92 Å². The molecule has 0 spiro atoms. The maximum absolute atomic E-state index is 5.36. The van der Waals surface area contributed by atoms with E-state index < -0.39 is 0 Å². The van der Waals surface area contributed by atoms with Gasteiger partial charge in [0.2, 0.25) is 5.89 Å². The van der Waals surface area contributed by atoms with Crippen molar-refractivity contribution >= 4 is 0 Å². The molecule has 0 amide bonds. The van der Waals surface area contributed by atoms with E-state index in [0.717, 1.165) is 18.3 Å². The Kier molecular flexibility index (Phi) is 2.57. The van der Waals surface area contributed by atoms with Crippen LogP contribution in [0.2, 0.25) is 0 Å². The Hall–Kier alpha value is -0.900. The van der Waals surface area contributed by atoms with Gasteiger partial charge in [-0.1, -0.05) is 39.8 Å². The van der Waals surface area contributed by atoms with Gasteiger partial charge in [-0.25, -0.2) is 0 Å². The first-order chi connectivity index (χ1) is 7.41. The van der Waals surface area contributed by atoms with Gasteiger partial charge in [-0.15, -0.1) is 0 Å². The molecule has 0 atom stereocenters. The number of hydrogen-bond donors (Lipinski definition) is 1. The van der Waals surface area contributed by atoms with Crippen LogP contribution in [0.25, 0.3) is 0 Å². The molecular weight excluding hydrogens is 202 g/mol. The summed E-state index contributed by atoms with van der Waals surface area (Å²) in [6, 6.07) is 0. The predicted molar refractivity (Wildman–Crippen MR) is 62.0 cm³/mol. The minimum atomic E-state index is 0.259. The van der Waals surface area contributed by atoms with Crippen LogP contribution in [0.3, 0.4) is 0 Å². The summed E-state index contributed by atoms with van der Waals surface area (Å²) in [5.74, 6) is 1.95. The first kappa shape index (κ1) is 11.6. The van der Waals surface area contributed by atoms with E-state index in [1.165, 1.54) is 0 Å². The normalized spacial score (nSPS) is 22.3. The lowest BCUT2D eigenvalue weighted by Gasteiger charge is -2.03. The Labute approximate surface area is 96.8 Å². The zero-order valence-electron chi connectivity index (χ0n) is 10.8. The summed E-state index contributed by atoms with van der Waals surface area (Å²) in [7, 11) is 0. The van der Waals surface area contributed by atoms with Gasteiger partial charge < -0.3 is 9.84 Å². The predicted octanol–water partition coefficient (Wildman–Crippen LogP) is 2.33. The topological polar surface area (TPSA) is 51.0 Å². The van der Waals surface area contributed by atoms with Gasteiger partial charge in [-0.3, -0.25) is 0 Å². The third-order valence-corrected chi connectivity index (χ3v) is 4.28. The zero-order chi connectivity index (χ0) is 12.0. The molecule has 0 aromatic carbocycles. The monoisotopic (exact) mass is 223 g/mol. The smallest absolute Gasteiger partial charge is 0.230 e. The van der Waals surface area contributed by atoms with Crippen molar-refractivity contribution in [1.82, 2.24) is 15.5 Å². The van der Waals surface area contributed by atoms with Crippen LogP contribution in [0.4, 0.5) is 0 Å². The van der Waals surface area contributed by atoms with Crippen LogP contribution < -0.4 is 5.32 Å². The van der Waals surface area contributed by atoms with Crippen LogP contribution in [0.5, 0.6) is 0 Å². The van der Waals surface area contributed by atoms with Crippen molar-refractivity contribution < 1.29 is 4.52 Å². The summed E-state index contributed by atoms with van der Waals surface area (Å²) in [6.07, 6.45) is 0. The SMILES string of the molecule is CCNCc1noc(C2C(C)(C)C2(C)C)n1. The summed E-state index contributed by atoms with van der Waals surface area (Å²) in [5.41, 5.74) is 0.518. The third-order valence-electron chi connectivity index (χ3n) is 4.28. The summed E-state index contributed by atoms with van der Waals surface area (Å²) < 4.78 is 5.36.